The molecule has 0 aliphatic rings. The fourth-order valence-corrected chi connectivity index (χ4v) is 2.65. The molecule has 3 aromatic rings. The first-order valence-electron chi connectivity index (χ1n) is 10.1. The Morgan fingerprint density at radius 1 is 1.23 bits per heavy atom. The third-order valence-electron chi connectivity index (χ3n) is 3.96. The van der Waals surface area contributed by atoms with Crippen LogP contribution >= 0.6 is 0 Å². The van der Waals surface area contributed by atoms with Crippen LogP contribution in [0.3, 0.4) is 0 Å². The molecule has 1 aromatic carbocycles. The molecule has 170 valence electrons. The van der Waals surface area contributed by atoms with E-state index in [-0.39, 0.29) is 41.3 Å². The summed E-state index contributed by atoms with van der Waals surface area (Å²) in [7, 11) is 1.45. The van der Waals surface area contributed by atoms with Crippen LogP contribution in [-0.4, -0.2) is 28.8 Å². The zero-order valence-electron chi connectivity index (χ0n) is 18.7. The molecule has 0 spiro atoms. The van der Waals surface area contributed by atoms with E-state index in [0.29, 0.717) is 0 Å². The third kappa shape index (κ3) is 5.93. The largest absolute Gasteiger partial charge is 0.463 e. The van der Waals surface area contributed by atoms with Gasteiger partial charge in [-0.05, 0) is 30.7 Å². The standard InChI is InChI=1S/C18H18FN3O5.2C2H6/c1-10-3-4-13(12(19)9-10)20-16-14(17(24)21-27-8-6-23)15-11(5-7-26-15)18(25)22(16)2;2*1-2/h3-5,7,9,20,23H,6,8H2,1-2H3,(H,21,24);2*1-2H3. The van der Waals surface area contributed by atoms with Gasteiger partial charge in [0.2, 0.25) is 0 Å². The molecule has 0 aliphatic carbocycles. The van der Waals surface area contributed by atoms with Crippen molar-refractivity contribution in [3.63, 3.8) is 0 Å². The van der Waals surface area contributed by atoms with Crippen LogP contribution in [0.25, 0.3) is 11.0 Å². The van der Waals surface area contributed by atoms with Crippen LogP contribution in [0.15, 0.2) is 39.7 Å². The molecule has 31 heavy (non-hydrogen) atoms. The van der Waals surface area contributed by atoms with E-state index in [9.17, 15) is 14.0 Å². The van der Waals surface area contributed by atoms with Gasteiger partial charge in [-0.15, -0.1) is 0 Å². The average molecular weight is 435 g/mol. The number of aliphatic hydroxyl groups excluding tert-OH is 1. The molecule has 9 heteroatoms. The number of amides is 1. The van der Waals surface area contributed by atoms with E-state index < -0.39 is 17.3 Å². The summed E-state index contributed by atoms with van der Waals surface area (Å²) < 4.78 is 20.8. The van der Waals surface area contributed by atoms with Crippen molar-refractivity contribution < 1.29 is 23.5 Å². The number of hydroxylamine groups is 1. The summed E-state index contributed by atoms with van der Waals surface area (Å²) in [5.74, 6) is -1.21. The predicted octanol–water partition coefficient (Wildman–Crippen LogP) is 4.03. The van der Waals surface area contributed by atoms with Crippen molar-refractivity contribution in [2.24, 2.45) is 7.05 Å². The number of carbonyl (C=O) groups excluding carboxylic acids is 1. The highest BCUT2D eigenvalue weighted by Crippen LogP contribution is 2.28. The zero-order valence-corrected chi connectivity index (χ0v) is 18.7. The Hall–Kier alpha value is -3.17. The number of halogens is 1. The van der Waals surface area contributed by atoms with Crippen LogP contribution in [0.5, 0.6) is 0 Å². The van der Waals surface area contributed by atoms with Crippen molar-refractivity contribution in [3.8, 4) is 0 Å². The Labute approximate surface area is 180 Å². The second-order valence-corrected chi connectivity index (χ2v) is 5.86. The van der Waals surface area contributed by atoms with Gasteiger partial charge in [0.15, 0.2) is 5.58 Å². The lowest BCUT2D eigenvalue weighted by atomic mass is 10.1. The number of aliphatic hydroxyl groups is 1. The number of carbonyl (C=O) groups is 1. The average Bonchev–Trinajstić information content (AvgIpc) is 3.26. The number of nitrogens with zero attached hydrogens (tertiary/aromatic N) is 1. The number of rotatable bonds is 6. The number of aromatic nitrogens is 1. The molecule has 8 nitrogen and oxygen atoms in total. The first-order chi connectivity index (χ1) is 14.9. The minimum atomic E-state index is -0.714. The molecule has 1 amide bonds. The molecule has 2 aromatic heterocycles. The van der Waals surface area contributed by atoms with Crippen molar-refractivity contribution in [1.29, 1.82) is 0 Å². The minimum Gasteiger partial charge on any atom is -0.463 e. The molecule has 0 saturated heterocycles. The summed E-state index contributed by atoms with van der Waals surface area (Å²) in [6.07, 6.45) is 1.29. The van der Waals surface area contributed by atoms with E-state index in [2.05, 4.69) is 10.8 Å². The molecular formula is C22H30FN3O5. The fraction of sp³-hybridized carbons (Fsp3) is 0.364. The lowest BCUT2D eigenvalue weighted by Crippen LogP contribution is -2.29. The van der Waals surface area contributed by atoms with Crippen molar-refractivity contribution in [2.45, 2.75) is 34.6 Å². The van der Waals surface area contributed by atoms with Crippen molar-refractivity contribution >= 4 is 28.4 Å². The monoisotopic (exact) mass is 435 g/mol. The maximum atomic E-state index is 14.3. The molecular weight excluding hydrogens is 405 g/mol. The number of pyridine rings is 1. The van der Waals surface area contributed by atoms with Gasteiger partial charge in [0.25, 0.3) is 11.5 Å². The van der Waals surface area contributed by atoms with Crippen LogP contribution in [0, 0.1) is 12.7 Å². The lowest BCUT2D eigenvalue weighted by molar-refractivity contribution is 0.0169. The number of benzene rings is 1. The van der Waals surface area contributed by atoms with Gasteiger partial charge < -0.3 is 14.8 Å². The number of hydrogen-bond acceptors (Lipinski definition) is 6. The highest BCUT2D eigenvalue weighted by molar-refractivity contribution is 6.09. The quantitative estimate of drug-likeness (QED) is 0.399. The van der Waals surface area contributed by atoms with Crippen LogP contribution in [0.4, 0.5) is 15.9 Å². The van der Waals surface area contributed by atoms with E-state index in [1.54, 1.807) is 13.0 Å². The first kappa shape index (κ1) is 25.9. The minimum absolute atomic E-state index is 0.0324. The van der Waals surface area contributed by atoms with Gasteiger partial charge in [-0.1, -0.05) is 33.8 Å². The van der Waals surface area contributed by atoms with Crippen LogP contribution in [-0.2, 0) is 11.9 Å². The molecule has 0 radical (unpaired) electrons. The van der Waals surface area contributed by atoms with E-state index >= 15 is 0 Å². The Bertz CT molecular complexity index is 1060. The Morgan fingerprint density at radius 3 is 2.52 bits per heavy atom. The summed E-state index contributed by atoms with van der Waals surface area (Å²) in [6.45, 7) is 9.34. The smallest absolute Gasteiger partial charge is 0.282 e. The Balaban J connectivity index is 0.00000113. The van der Waals surface area contributed by atoms with Gasteiger partial charge in [-0.25, -0.2) is 9.87 Å². The van der Waals surface area contributed by atoms with Crippen LogP contribution in [0.1, 0.15) is 43.6 Å². The van der Waals surface area contributed by atoms with E-state index in [1.807, 2.05) is 27.7 Å². The molecule has 0 fully saturated rings. The van der Waals surface area contributed by atoms with Gasteiger partial charge in [0.05, 0.1) is 30.6 Å². The van der Waals surface area contributed by atoms with Crippen LogP contribution < -0.4 is 16.4 Å². The second-order valence-electron chi connectivity index (χ2n) is 5.86. The maximum Gasteiger partial charge on any atom is 0.282 e. The number of aryl methyl sites for hydroxylation is 1. The van der Waals surface area contributed by atoms with Gasteiger partial charge in [-0.2, -0.15) is 0 Å². The summed E-state index contributed by atoms with van der Waals surface area (Å²) >= 11 is 0. The molecule has 0 unspecified atom stereocenters. The van der Waals surface area contributed by atoms with Gasteiger partial charge in [0, 0.05) is 7.05 Å². The molecule has 0 atom stereocenters. The van der Waals surface area contributed by atoms with E-state index in [0.717, 1.165) is 5.56 Å². The number of furan rings is 1. The summed E-state index contributed by atoms with van der Waals surface area (Å²) in [5, 5.41) is 11.8. The molecule has 3 rings (SSSR count). The fourth-order valence-electron chi connectivity index (χ4n) is 2.65. The number of nitrogens with one attached hydrogen (secondary N) is 2. The van der Waals surface area contributed by atoms with E-state index in [1.165, 1.54) is 36.1 Å². The summed E-state index contributed by atoms with van der Waals surface area (Å²) in [4.78, 5) is 30.0. The van der Waals surface area contributed by atoms with E-state index in [4.69, 9.17) is 14.4 Å². The maximum absolute atomic E-state index is 14.3. The lowest BCUT2D eigenvalue weighted by Gasteiger charge is -2.16. The number of hydrogen-bond donors (Lipinski definition) is 3. The third-order valence-corrected chi connectivity index (χ3v) is 3.96. The van der Waals surface area contributed by atoms with Crippen molar-refractivity contribution in [3.05, 3.63) is 57.8 Å². The highest BCUT2D eigenvalue weighted by atomic mass is 19.1. The number of fused-ring (bicyclic) bond motifs is 1. The van der Waals surface area contributed by atoms with Gasteiger partial charge in [-0.3, -0.25) is 19.0 Å². The molecule has 0 bridgehead atoms. The zero-order chi connectivity index (χ0) is 23.6. The second kappa shape index (κ2) is 12.5. The summed E-state index contributed by atoms with van der Waals surface area (Å²) in [6, 6.07) is 5.97. The Morgan fingerprint density at radius 2 is 1.90 bits per heavy atom. The first-order valence-corrected chi connectivity index (χ1v) is 10.1. The SMILES string of the molecule is CC.CC.Cc1ccc(Nc2c(C(=O)NOCCO)c3occc3c(=O)n2C)c(F)c1. The molecule has 0 saturated carbocycles. The van der Waals surface area contributed by atoms with Crippen molar-refractivity contribution in [1.82, 2.24) is 10.0 Å². The topological polar surface area (TPSA) is 106 Å². The number of anilines is 2. The van der Waals surface area contributed by atoms with Crippen LogP contribution in [0.2, 0.25) is 0 Å². The van der Waals surface area contributed by atoms with Gasteiger partial charge >= 0.3 is 0 Å². The predicted molar refractivity (Wildman–Crippen MR) is 119 cm³/mol. The highest BCUT2D eigenvalue weighted by Gasteiger charge is 2.24. The normalized spacial score (nSPS) is 9.94. The molecule has 0 aliphatic heterocycles. The van der Waals surface area contributed by atoms with Gasteiger partial charge in [0.1, 0.15) is 17.2 Å². The molecule has 3 N–H and O–H groups in total. The summed E-state index contributed by atoms with van der Waals surface area (Å²) in [5.41, 5.74) is 2.58. The Kier molecular flexibility index (Phi) is 10.4. The molecule has 2 heterocycles. The van der Waals surface area contributed by atoms with Crippen molar-refractivity contribution in [2.75, 3.05) is 18.5 Å².